The summed E-state index contributed by atoms with van der Waals surface area (Å²) in [6.45, 7) is 2.39. The third-order valence-corrected chi connectivity index (χ3v) is 4.37. The van der Waals surface area contributed by atoms with E-state index in [0.29, 0.717) is 18.5 Å². The van der Waals surface area contributed by atoms with Gasteiger partial charge in [0.05, 0.1) is 11.1 Å². The first kappa shape index (κ1) is 18.4. The molecule has 1 N–H and O–H groups in total. The van der Waals surface area contributed by atoms with Crippen molar-refractivity contribution in [3.05, 3.63) is 65.2 Å². The number of carbonyl (C=O) groups excluding carboxylic acids is 1. The Hall–Kier alpha value is -1.95. The van der Waals surface area contributed by atoms with E-state index in [1.54, 1.807) is 17.8 Å². The predicted octanol–water partition coefficient (Wildman–Crippen LogP) is 4.79. The van der Waals surface area contributed by atoms with E-state index >= 15 is 0 Å². The van der Waals surface area contributed by atoms with E-state index in [4.69, 9.17) is 0 Å². The predicted molar refractivity (Wildman–Crippen MR) is 90.3 cm³/mol. The topological polar surface area (TPSA) is 29.1 Å². The molecular formula is C18H18F3NOS. The van der Waals surface area contributed by atoms with Gasteiger partial charge in [-0.25, -0.2) is 0 Å². The van der Waals surface area contributed by atoms with Crippen molar-refractivity contribution in [1.29, 1.82) is 0 Å². The summed E-state index contributed by atoms with van der Waals surface area (Å²) in [7, 11) is 0. The number of thioether (sulfide) groups is 1. The molecule has 2 nitrogen and oxygen atoms in total. The molecule has 0 spiro atoms. The van der Waals surface area contributed by atoms with Crippen LogP contribution in [0.15, 0.2) is 53.4 Å². The van der Waals surface area contributed by atoms with Gasteiger partial charge >= 0.3 is 6.18 Å². The number of benzene rings is 2. The van der Waals surface area contributed by atoms with Gasteiger partial charge in [0.2, 0.25) is 0 Å². The summed E-state index contributed by atoms with van der Waals surface area (Å²) in [5.74, 6) is 0.703. The largest absolute Gasteiger partial charge is 0.416 e. The van der Waals surface area contributed by atoms with Crippen LogP contribution in [0.1, 0.15) is 28.4 Å². The number of alkyl halides is 3. The SMILES string of the molecule is CCSc1ccccc1C(=O)NCCc1ccc(C(F)(F)F)cc1. The zero-order chi connectivity index (χ0) is 17.6. The minimum atomic E-state index is -4.33. The Morgan fingerprint density at radius 2 is 1.75 bits per heavy atom. The molecule has 2 rings (SSSR count). The van der Waals surface area contributed by atoms with Gasteiger partial charge in [-0.1, -0.05) is 31.2 Å². The molecule has 0 aliphatic heterocycles. The first-order chi connectivity index (χ1) is 11.4. The molecule has 24 heavy (non-hydrogen) atoms. The van der Waals surface area contributed by atoms with Gasteiger partial charge in [0, 0.05) is 11.4 Å². The Kier molecular flexibility index (Phi) is 6.31. The molecule has 2 aromatic rings. The molecule has 6 heteroatoms. The monoisotopic (exact) mass is 353 g/mol. The van der Waals surface area contributed by atoms with Gasteiger partial charge in [0.25, 0.3) is 5.91 Å². The van der Waals surface area contributed by atoms with Gasteiger partial charge < -0.3 is 5.32 Å². The average molecular weight is 353 g/mol. The van der Waals surface area contributed by atoms with Gasteiger partial charge in [0.15, 0.2) is 0 Å². The summed E-state index contributed by atoms with van der Waals surface area (Å²) in [4.78, 5) is 13.2. The second-order valence-electron chi connectivity index (χ2n) is 5.13. The molecule has 0 saturated heterocycles. The number of hydrogen-bond acceptors (Lipinski definition) is 2. The highest BCUT2D eigenvalue weighted by atomic mass is 32.2. The molecule has 0 aliphatic carbocycles. The summed E-state index contributed by atoms with van der Waals surface area (Å²) in [6, 6.07) is 12.4. The van der Waals surface area contributed by atoms with Gasteiger partial charge in [-0.3, -0.25) is 4.79 Å². The van der Waals surface area contributed by atoms with E-state index in [1.807, 2.05) is 25.1 Å². The van der Waals surface area contributed by atoms with Crippen molar-refractivity contribution in [2.24, 2.45) is 0 Å². The summed E-state index contributed by atoms with van der Waals surface area (Å²) in [6.07, 6.45) is -3.85. The molecule has 0 atom stereocenters. The van der Waals surface area contributed by atoms with Gasteiger partial charge in [0.1, 0.15) is 0 Å². The van der Waals surface area contributed by atoms with Crippen LogP contribution in [0.5, 0.6) is 0 Å². The minimum absolute atomic E-state index is 0.168. The third-order valence-electron chi connectivity index (χ3n) is 3.41. The van der Waals surface area contributed by atoms with Crippen LogP contribution in [0.2, 0.25) is 0 Å². The molecule has 0 unspecified atom stereocenters. The Morgan fingerprint density at radius 1 is 1.08 bits per heavy atom. The van der Waals surface area contributed by atoms with Crippen LogP contribution in [0.4, 0.5) is 13.2 Å². The molecule has 1 amide bonds. The maximum atomic E-state index is 12.5. The normalized spacial score (nSPS) is 11.3. The zero-order valence-electron chi connectivity index (χ0n) is 13.2. The Labute approximate surface area is 143 Å². The van der Waals surface area contributed by atoms with Crippen molar-refractivity contribution in [2.45, 2.75) is 24.4 Å². The maximum absolute atomic E-state index is 12.5. The van der Waals surface area contributed by atoms with E-state index in [9.17, 15) is 18.0 Å². The van der Waals surface area contributed by atoms with Crippen LogP contribution in [-0.2, 0) is 12.6 Å². The van der Waals surface area contributed by atoms with Gasteiger partial charge in [-0.15, -0.1) is 11.8 Å². The second-order valence-corrected chi connectivity index (χ2v) is 6.44. The number of amides is 1. The summed E-state index contributed by atoms with van der Waals surface area (Å²) in [5, 5.41) is 2.82. The lowest BCUT2D eigenvalue weighted by Gasteiger charge is -2.10. The van der Waals surface area contributed by atoms with Crippen LogP contribution in [0.25, 0.3) is 0 Å². The van der Waals surface area contributed by atoms with Crippen molar-refractivity contribution < 1.29 is 18.0 Å². The van der Waals surface area contributed by atoms with Crippen LogP contribution in [-0.4, -0.2) is 18.2 Å². The molecule has 0 aromatic heterocycles. The molecule has 128 valence electrons. The highest BCUT2D eigenvalue weighted by Gasteiger charge is 2.29. The smallest absolute Gasteiger partial charge is 0.352 e. The summed E-state index contributed by atoms with van der Waals surface area (Å²) in [5.41, 5.74) is 0.706. The molecule has 0 fully saturated rings. The fraction of sp³-hybridized carbons (Fsp3) is 0.278. The first-order valence-corrected chi connectivity index (χ1v) is 8.56. The standard InChI is InChI=1S/C18H18F3NOS/c1-2-24-16-6-4-3-5-15(16)17(23)22-12-11-13-7-9-14(10-8-13)18(19,20)21/h3-10H,2,11-12H2,1H3,(H,22,23). The van der Waals surface area contributed by atoms with Crippen molar-refractivity contribution in [3.8, 4) is 0 Å². The van der Waals surface area contributed by atoms with E-state index in [1.165, 1.54) is 12.1 Å². The lowest BCUT2D eigenvalue weighted by atomic mass is 10.1. The van der Waals surface area contributed by atoms with Crippen LogP contribution >= 0.6 is 11.8 Å². The minimum Gasteiger partial charge on any atom is -0.352 e. The van der Waals surface area contributed by atoms with Crippen molar-refractivity contribution in [1.82, 2.24) is 5.32 Å². The number of rotatable bonds is 6. The van der Waals surface area contributed by atoms with Crippen LogP contribution < -0.4 is 5.32 Å². The fourth-order valence-electron chi connectivity index (χ4n) is 2.21. The maximum Gasteiger partial charge on any atom is 0.416 e. The summed E-state index contributed by atoms with van der Waals surface area (Å²) < 4.78 is 37.5. The van der Waals surface area contributed by atoms with E-state index in [-0.39, 0.29) is 5.91 Å². The second kappa shape index (κ2) is 8.24. The Morgan fingerprint density at radius 3 is 2.38 bits per heavy atom. The highest BCUT2D eigenvalue weighted by Crippen LogP contribution is 2.29. The Bertz CT molecular complexity index is 683. The number of carbonyl (C=O) groups is 1. The fourth-order valence-corrected chi connectivity index (χ4v) is 3.01. The van der Waals surface area contributed by atoms with E-state index in [0.717, 1.165) is 28.3 Å². The number of nitrogens with one attached hydrogen (secondary N) is 1. The molecular weight excluding hydrogens is 335 g/mol. The van der Waals surface area contributed by atoms with Crippen molar-refractivity contribution >= 4 is 17.7 Å². The third kappa shape index (κ3) is 5.03. The number of hydrogen-bond donors (Lipinski definition) is 1. The van der Waals surface area contributed by atoms with Gasteiger partial charge in [-0.05, 0) is 42.0 Å². The summed E-state index contributed by atoms with van der Waals surface area (Å²) >= 11 is 1.60. The lowest BCUT2D eigenvalue weighted by Crippen LogP contribution is -2.26. The molecule has 0 heterocycles. The molecule has 0 radical (unpaired) electrons. The van der Waals surface area contributed by atoms with E-state index < -0.39 is 11.7 Å². The zero-order valence-corrected chi connectivity index (χ0v) is 14.0. The quantitative estimate of drug-likeness (QED) is 0.757. The van der Waals surface area contributed by atoms with E-state index in [2.05, 4.69) is 5.32 Å². The lowest BCUT2D eigenvalue weighted by molar-refractivity contribution is -0.137. The van der Waals surface area contributed by atoms with Crippen molar-refractivity contribution in [3.63, 3.8) is 0 Å². The molecule has 0 aliphatic rings. The van der Waals surface area contributed by atoms with Crippen LogP contribution in [0.3, 0.4) is 0 Å². The van der Waals surface area contributed by atoms with Crippen LogP contribution in [0, 0.1) is 0 Å². The molecule has 0 saturated carbocycles. The van der Waals surface area contributed by atoms with Crippen molar-refractivity contribution in [2.75, 3.05) is 12.3 Å². The molecule has 2 aromatic carbocycles. The van der Waals surface area contributed by atoms with Gasteiger partial charge in [-0.2, -0.15) is 13.2 Å². The highest BCUT2D eigenvalue weighted by molar-refractivity contribution is 7.99. The Balaban J connectivity index is 1.91. The molecule has 0 bridgehead atoms. The number of halogens is 3. The first-order valence-electron chi connectivity index (χ1n) is 7.58. The average Bonchev–Trinajstić information content (AvgIpc) is 2.55.